The molecule has 1 heterocycles. The lowest BCUT2D eigenvalue weighted by molar-refractivity contribution is 0.148. The van der Waals surface area contributed by atoms with Crippen LogP contribution in [0.3, 0.4) is 0 Å². The Hall–Kier alpha value is -0.910. The van der Waals surface area contributed by atoms with E-state index in [2.05, 4.69) is 25.7 Å². The fourth-order valence-electron chi connectivity index (χ4n) is 0.830. The van der Waals surface area contributed by atoms with Gasteiger partial charge in [-0.1, -0.05) is 0 Å². The average molecular weight is 254 g/mol. The number of aromatic nitrogens is 1. The van der Waals surface area contributed by atoms with Crippen molar-refractivity contribution in [2.75, 3.05) is 7.11 Å². The SMILES string of the molecule is COc1cc(=O)c(C(F)F)c(Br)[nH]1. The van der Waals surface area contributed by atoms with E-state index in [1.807, 2.05) is 0 Å². The van der Waals surface area contributed by atoms with Crippen molar-refractivity contribution in [3.8, 4) is 5.88 Å². The monoisotopic (exact) mass is 253 g/mol. The van der Waals surface area contributed by atoms with Gasteiger partial charge in [0.25, 0.3) is 6.43 Å². The molecule has 13 heavy (non-hydrogen) atoms. The van der Waals surface area contributed by atoms with E-state index in [9.17, 15) is 13.6 Å². The third kappa shape index (κ3) is 2.06. The fourth-order valence-corrected chi connectivity index (χ4v) is 1.39. The summed E-state index contributed by atoms with van der Waals surface area (Å²) in [7, 11) is 1.33. The van der Waals surface area contributed by atoms with Gasteiger partial charge in [-0.15, -0.1) is 0 Å². The van der Waals surface area contributed by atoms with Gasteiger partial charge in [0, 0.05) is 6.07 Å². The number of hydrogen-bond donors (Lipinski definition) is 1. The van der Waals surface area contributed by atoms with E-state index in [4.69, 9.17) is 0 Å². The minimum absolute atomic E-state index is 0.0492. The van der Waals surface area contributed by atoms with Crippen molar-refractivity contribution in [1.82, 2.24) is 4.98 Å². The zero-order valence-electron chi connectivity index (χ0n) is 6.61. The number of pyridine rings is 1. The van der Waals surface area contributed by atoms with Crippen LogP contribution in [-0.2, 0) is 0 Å². The van der Waals surface area contributed by atoms with Gasteiger partial charge in [0.2, 0.25) is 0 Å². The largest absolute Gasteiger partial charge is 0.482 e. The smallest absolute Gasteiger partial charge is 0.270 e. The molecule has 0 aromatic carbocycles. The number of aromatic amines is 1. The van der Waals surface area contributed by atoms with Gasteiger partial charge >= 0.3 is 0 Å². The zero-order valence-corrected chi connectivity index (χ0v) is 8.19. The summed E-state index contributed by atoms with van der Waals surface area (Å²) in [4.78, 5) is 13.5. The van der Waals surface area contributed by atoms with Crippen molar-refractivity contribution in [3.63, 3.8) is 0 Å². The number of H-pyrrole nitrogens is 1. The van der Waals surface area contributed by atoms with Crippen molar-refractivity contribution in [1.29, 1.82) is 0 Å². The van der Waals surface area contributed by atoms with E-state index in [1.54, 1.807) is 0 Å². The highest BCUT2D eigenvalue weighted by molar-refractivity contribution is 9.10. The minimum atomic E-state index is -2.80. The molecule has 0 spiro atoms. The number of nitrogens with one attached hydrogen (secondary N) is 1. The topological polar surface area (TPSA) is 42.1 Å². The molecule has 0 atom stereocenters. The van der Waals surface area contributed by atoms with Gasteiger partial charge in [0.15, 0.2) is 11.3 Å². The van der Waals surface area contributed by atoms with Gasteiger partial charge in [-0.25, -0.2) is 8.78 Å². The molecule has 0 saturated carbocycles. The highest BCUT2D eigenvalue weighted by Gasteiger charge is 2.17. The van der Waals surface area contributed by atoms with Crippen LogP contribution in [0, 0.1) is 0 Å². The number of hydrogen-bond acceptors (Lipinski definition) is 2. The lowest BCUT2D eigenvalue weighted by Gasteiger charge is -2.04. The van der Waals surface area contributed by atoms with E-state index in [1.165, 1.54) is 7.11 Å². The fraction of sp³-hybridized carbons (Fsp3) is 0.286. The summed E-state index contributed by atoms with van der Waals surface area (Å²) >= 11 is 2.82. The minimum Gasteiger partial charge on any atom is -0.482 e. The number of halogens is 3. The summed E-state index contributed by atoms with van der Waals surface area (Å²) in [6, 6.07) is 0.978. The van der Waals surface area contributed by atoms with Gasteiger partial charge < -0.3 is 9.72 Å². The molecule has 1 rings (SSSR count). The molecule has 1 N–H and O–H groups in total. The van der Waals surface area contributed by atoms with Gasteiger partial charge in [-0.2, -0.15) is 0 Å². The molecule has 1 aromatic rings. The van der Waals surface area contributed by atoms with Crippen LogP contribution in [0.15, 0.2) is 15.5 Å². The van der Waals surface area contributed by atoms with E-state index < -0.39 is 17.4 Å². The second kappa shape index (κ2) is 3.87. The van der Waals surface area contributed by atoms with Crippen molar-refractivity contribution in [2.24, 2.45) is 0 Å². The summed E-state index contributed by atoms with van der Waals surface area (Å²) in [5.41, 5.74) is -1.33. The molecule has 0 aliphatic heterocycles. The van der Waals surface area contributed by atoms with Crippen molar-refractivity contribution in [3.05, 3.63) is 26.5 Å². The third-order valence-corrected chi connectivity index (χ3v) is 2.06. The van der Waals surface area contributed by atoms with Crippen LogP contribution in [-0.4, -0.2) is 12.1 Å². The highest BCUT2D eigenvalue weighted by atomic mass is 79.9. The highest BCUT2D eigenvalue weighted by Crippen LogP contribution is 2.23. The second-order valence-corrected chi connectivity index (χ2v) is 3.02. The number of alkyl halides is 2. The predicted octanol–water partition coefficient (Wildman–Crippen LogP) is 2.08. The zero-order chi connectivity index (χ0) is 10.0. The Balaban J connectivity index is 3.32. The Morgan fingerprint density at radius 3 is 2.62 bits per heavy atom. The first-order valence-electron chi connectivity index (χ1n) is 3.31. The van der Waals surface area contributed by atoms with Crippen molar-refractivity contribution < 1.29 is 13.5 Å². The van der Waals surface area contributed by atoms with Crippen molar-refractivity contribution >= 4 is 15.9 Å². The van der Waals surface area contributed by atoms with E-state index >= 15 is 0 Å². The first-order valence-corrected chi connectivity index (χ1v) is 4.10. The molecule has 0 unspecified atom stereocenters. The van der Waals surface area contributed by atoms with Crippen LogP contribution in [0.2, 0.25) is 0 Å². The maximum Gasteiger partial charge on any atom is 0.270 e. The second-order valence-electron chi connectivity index (χ2n) is 2.23. The van der Waals surface area contributed by atoms with Crippen molar-refractivity contribution in [2.45, 2.75) is 6.43 Å². The first kappa shape index (κ1) is 10.2. The first-order chi connectivity index (χ1) is 6.06. The van der Waals surface area contributed by atoms with E-state index in [0.717, 1.165) is 6.07 Å². The summed E-state index contributed by atoms with van der Waals surface area (Å²) in [6.45, 7) is 0. The van der Waals surface area contributed by atoms with Gasteiger partial charge in [0.1, 0.15) is 0 Å². The van der Waals surface area contributed by atoms with Crippen LogP contribution in [0.5, 0.6) is 5.88 Å². The Kier molecular flexibility index (Phi) is 3.02. The molecule has 0 saturated heterocycles. The molecule has 6 heteroatoms. The quantitative estimate of drug-likeness (QED) is 0.821. The lowest BCUT2D eigenvalue weighted by Crippen LogP contribution is -2.11. The van der Waals surface area contributed by atoms with E-state index in [0.29, 0.717) is 0 Å². The molecule has 0 radical (unpaired) electrons. The molecule has 0 aliphatic carbocycles. The molecule has 72 valence electrons. The molecule has 0 amide bonds. The molecular formula is C7H6BrF2NO2. The standard InChI is InChI=1S/C7H6BrF2NO2/c1-13-4-2-3(12)5(7(9)10)6(8)11-4/h2,7H,1H3,(H,11,12). The average Bonchev–Trinajstić information content (AvgIpc) is 2.02. The Morgan fingerprint density at radius 2 is 2.23 bits per heavy atom. The van der Waals surface area contributed by atoms with Crippen LogP contribution < -0.4 is 10.2 Å². The molecule has 0 aliphatic rings. The Morgan fingerprint density at radius 1 is 1.62 bits per heavy atom. The summed E-state index contributed by atoms with van der Waals surface area (Å²) < 4.78 is 29.1. The molecular weight excluding hydrogens is 248 g/mol. The number of methoxy groups -OCH3 is 1. The maximum absolute atomic E-state index is 12.2. The van der Waals surface area contributed by atoms with Crippen LogP contribution in [0.4, 0.5) is 8.78 Å². The summed E-state index contributed by atoms with van der Waals surface area (Å²) in [5, 5.41) is 0. The molecule has 0 bridgehead atoms. The van der Waals surface area contributed by atoms with Gasteiger partial charge in [0.05, 0.1) is 17.3 Å². The number of rotatable bonds is 2. The van der Waals surface area contributed by atoms with Crippen LogP contribution >= 0.6 is 15.9 Å². The Labute approximate surface area is 80.9 Å². The van der Waals surface area contributed by atoms with Crippen LogP contribution in [0.25, 0.3) is 0 Å². The summed E-state index contributed by atoms with van der Waals surface area (Å²) in [5.74, 6) is 0.140. The Bertz CT molecular complexity index is 364. The molecule has 1 aromatic heterocycles. The maximum atomic E-state index is 12.2. The normalized spacial score (nSPS) is 10.5. The third-order valence-electron chi connectivity index (χ3n) is 1.44. The predicted molar refractivity (Wildman–Crippen MR) is 46.3 cm³/mol. The van der Waals surface area contributed by atoms with E-state index in [-0.39, 0.29) is 10.5 Å². The van der Waals surface area contributed by atoms with Crippen LogP contribution in [0.1, 0.15) is 12.0 Å². The van der Waals surface area contributed by atoms with Gasteiger partial charge in [-0.3, -0.25) is 4.79 Å². The van der Waals surface area contributed by atoms with Gasteiger partial charge in [-0.05, 0) is 15.9 Å². The summed E-state index contributed by atoms with van der Waals surface area (Å²) in [6.07, 6.45) is -2.80. The lowest BCUT2D eigenvalue weighted by atomic mass is 10.3. The molecule has 3 nitrogen and oxygen atoms in total. The number of ether oxygens (including phenoxy) is 1. The molecule has 0 fully saturated rings.